The van der Waals surface area contributed by atoms with Crippen molar-refractivity contribution in [3.05, 3.63) is 34.4 Å². The van der Waals surface area contributed by atoms with Crippen molar-refractivity contribution < 1.29 is 10.0 Å². The van der Waals surface area contributed by atoms with Crippen LogP contribution < -0.4 is 5.73 Å². The molecular formula is C11H17N3O3. The number of piperidine rings is 1. The molecule has 0 aromatic rings. The van der Waals surface area contributed by atoms with Gasteiger partial charge in [0.2, 0.25) is 0 Å². The third-order valence-corrected chi connectivity index (χ3v) is 3.49. The predicted molar refractivity (Wildman–Crippen MR) is 62.5 cm³/mol. The van der Waals surface area contributed by atoms with E-state index < -0.39 is 22.9 Å². The van der Waals surface area contributed by atoms with Gasteiger partial charge in [-0.15, -0.1) is 0 Å². The minimum Gasteiger partial charge on any atom is -0.378 e. The fraction of sp³-hybridized carbons (Fsp3) is 0.636. The molecule has 3 N–H and O–H groups in total. The van der Waals surface area contributed by atoms with E-state index in [4.69, 9.17) is 5.73 Å². The number of hydrogen-bond donors (Lipinski definition) is 2. The van der Waals surface area contributed by atoms with Crippen molar-refractivity contribution in [3.63, 3.8) is 0 Å². The second kappa shape index (κ2) is 4.56. The molecule has 1 aliphatic heterocycles. The van der Waals surface area contributed by atoms with E-state index in [-0.39, 0.29) is 0 Å². The first-order valence-electron chi connectivity index (χ1n) is 5.80. The Balaban J connectivity index is 2.37. The van der Waals surface area contributed by atoms with Crippen LogP contribution in [0.2, 0.25) is 0 Å². The summed E-state index contributed by atoms with van der Waals surface area (Å²) < 4.78 is 0. The summed E-state index contributed by atoms with van der Waals surface area (Å²) in [4.78, 5) is 12.5. The van der Waals surface area contributed by atoms with Crippen molar-refractivity contribution in [1.29, 1.82) is 0 Å². The van der Waals surface area contributed by atoms with E-state index in [0.717, 1.165) is 12.8 Å². The lowest BCUT2D eigenvalue weighted by molar-refractivity contribution is -0.594. The molecule has 1 heterocycles. The van der Waals surface area contributed by atoms with Crippen LogP contribution in [0.4, 0.5) is 0 Å². The minimum absolute atomic E-state index is 0.397. The van der Waals surface area contributed by atoms with Crippen molar-refractivity contribution in [1.82, 2.24) is 4.90 Å². The molecule has 2 aliphatic rings. The Morgan fingerprint density at radius 3 is 2.82 bits per heavy atom. The highest BCUT2D eigenvalue weighted by molar-refractivity contribution is 5.24. The van der Waals surface area contributed by atoms with Gasteiger partial charge in [0.05, 0.1) is 0 Å². The van der Waals surface area contributed by atoms with E-state index in [2.05, 4.69) is 0 Å². The monoisotopic (exact) mass is 239 g/mol. The molecule has 2 rings (SSSR count). The molecule has 1 saturated heterocycles. The molecule has 0 aromatic heterocycles. The average Bonchev–Trinajstić information content (AvgIpc) is 2.30. The van der Waals surface area contributed by atoms with Crippen molar-refractivity contribution in [2.24, 2.45) is 5.73 Å². The van der Waals surface area contributed by atoms with Crippen LogP contribution in [0.25, 0.3) is 0 Å². The van der Waals surface area contributed by atoms with Gasteiger partial charge in [0.15, 0.2) is 0 Å². The first-order valence-corrected chi connectivity index (χ1v) is 5.80. The number of rotatable bonds is 2. The molecule has 0 saturated carbocycles. The molecule has 0 amide bonds. The van der Waals surface area contributed by atoms with Gasteiger partial charge in [-0.2, -0.15) is 0 Å². The van der Waals surface area contributed by atoms with E-state index in [0.29, 0.717) is 13.0 Å². The largest absolute Gasteiger partial charge is 0.378 e. The first-order chi connectivity index (χ1) is 8.09. The molecular weight excluding hydrogens is 222 g/mol. The van der Waals surface area contributed by atoms with Crippen molar-refractivity contribution in [2.45, 2.75) is 37.2 Å². The zero-order valence-corrected chi connectivity index (χ0v) is 9.53. The standard InChI is InChI=1S/C11H17N3O3/c12-9-5-1-3-7-11(9,14(16)17)13-8-4-2-6-10(13)15/h1,3,5,7,9-10,15H,2,4,6,8,12H2. The summed E-state index contributed by atoms with van der Waals surface area (Å²) in [7, 11) is 0. The number of likely N-dealkylation sites (tertiary alicyclic amines) is 1. The van der Waals surface area contributed by atoms with Crippen molar-refractivity contribution >= 4 is 0 Å². The zero-order valence-electron chi connectivity index (χ0n) is 9.53. The van der Waals surface area contributed by atoms with Crippen LogP contribution in [0.1, 0.15) is 19.3 Å². The third-order valence-electron chi connectivity index (χ3n) is 3.49. The highest BCUT2D eigenvalue weighted by Gasteiger charge is 2.54. The Labute approximate surface area is 99.5 Å². The Morgan fingerprint density at radius 1 is 1.47 bits per heavy atom. The maximum Gasteiger partial charge on any atom is 0.317 e. The Morgan fingerprint density at radius 2 is 2.24 bits per heavy atom. The second-order valence-corrected chi connectivity index (χ2v) is 4.48. The molecule has 6 heteroatoms. The van der Waals surface area contributed by atoms with Gasteiger partial charge in [-0.05, 0) is 19.3 Å². The number of nitro groups is 1. The quantitative estimate of drug-likeness (QED) is 0.531. The van der Waals surface area contributed by atoms with Crippen LogP contribution in [-0.2, 0) is 0 Å². The van der Waals surface area contributed by atoms with Gasteiger partial charge in [0.25, 0.3) is 0 Å². The van der Waals surface area contributed by atoms with Gasteiger partial charge >= 0.3 is 5.66 Å². The number of hydrogen-bond acceptors (Lipinski definition) is 5. The van der Waals surface area contributed by atoms with Crippen LogP contribution in [0.3, 0.4) is 0 Å². The SMILES string of the molecule is NC1C=CC=CC1(N1CCCCC1O)[N+](=O)[O-]. The summed E-state index contributed by atoms with van der Waals surface area (Å²) in [6, 6.07) is -0.741. The van der Waals surface area contributed by atoms with Gasteiger partial charge in [-0.1, -0.05) is 18.2 Å². The lowest BCUT2D eigenvalue weighted by Crippen LogP contribution is -2.67. The van der Waals surface area contributed by atoms with Crippen molar-refractivity contribution in [2.75, 3.05) is 6.54 Å². The molecule has 3 unspecified atom stereocenters. The summed E-state index contributed by atoms with van der Waals surface area (Å²) in [6.45, 7) is 0.494. The van der Waals surface area contributed by atoms with Crippen LogP contribution in [0, 0.1) is 10.1 Å². The molecule has 1 aliphatic carbocycles. The number of aliphatic hydroxyl groups is 1. The van der Waals surface area contributed by atoms with E-state index >= 15 is 0 Å². The molecule has 1 fully saturated rings. The number of nitrogens with zero attached hydrogens (tertiary/aromatic N) is 2. The van der Waals surface area contributed by atoms with Gasteiger partial charge in [-0.3, -0.25) is 10.1 Å². The van der Waals surface area contributed by atoms with E-state index in [9.17, 15) is 15.2 Å². The summed E-state index contributed by atoms with van der Waals surface area (Å²) in [5.41, 5.74) is 4.37. The summed E-state index contributed by atoms with van der Waals surface area (Å²) in [5.74, 6) is 0. The van der Waals surface area contributed by atoms with Crippen LogP contribution in [-0.4, -0.2) is 39.4 Å². The fourth-order valence-electron chi connectivity index (χ4n) is 2.54. The van der Waals surface area contributed by atoms with Crippen molar-refractivity contribution in [3.8, 4) is 0 Å². The van der Waals surface area contributed by atoms with Gasteiger partial charge in [-0.25, -0.2) is 4.90 Å². The Bertz CT molecular complexity index is 369. The lowest BCUT2D eigenvalue weighted by atomic mass is 9.91. The smallest absolute Gasteiger partial charge is 0.317 e. The lowest BCUT2D eigenvalue weighted by Gasteiger charge is -2.42. The summed E-state index contributed by atoms with van der Waals surface area (Å²) in [6.07, 6.45) is 7.89. The van der Waals surface area contributed by atoms with Crippen LogP contribution in [0.15, 0.2) is 24.3 Å². The zero-order chi connectivity index (χ0) is 12.5. The molecule has 0 spiro atoms. The minimum atomic E-state index is -1.51. The Hall–Kier alpha value is -1.24. The number of allylic oxidation sites excluding steroid dienone is 2. The van der Waals surface area contributed by atoms with E-state index in [1.807, 2.05) is 0 Å². The van der Waals surface area contributed by atoms with Gasteiger partial charge in [0.1, 0.15) is 12.3 Å². The summed E-state index contributed by atoms with van der Waals surface area (Å²) >= 11 is 0. The Kier molecular flexibility index (Phi) is 3.28. The third kappa shape index (κ3) is 1.88. The van der Waals surface area contributed by atoms with E-state index in [1.54, 1.807) is 18.2 Å². The number of nitrogens with two attached hydrogens (primary N) is 1. The maximum absolute atomic E-state index is 11.4. The predicted octanol–water partition coefficient (Wildman–Crippen LogP) is 0.217. The van der Waals surface area contributed by atoms with Gasteiger partial charge < -0.3 is 10.8 Å². The highest BCUT2D eigenvalue weighted by atomic mass is 16.6. The maximum atomic E-state index is 11.4. The molecule has 17 heavy (non-hydrogen) atoms. The normalized spacial score (nSPS) is 38.2. The molecule has 0 aromatic carbocycles. The van der Waals surface area contributed by atoms with Gasteiger partial charge in [0, 0.05) is 17.5 Å². The number of aliphatic hydroxyl groups excluding tert-OH is 1. The topological polar surface area (TPSA) is 92.6 Å². The second-order valence-electron chi connectivity index (χ2n) is 4.48. The average molecular weight is 239 g/mol. The molecule has 3 atom stereocenters. The fourth-order valence-corrected chi connectivity index (χ4v) is 2.54. The van der Waals surface area contributed by atoms with Crippen LogP contribution in [0.5, 0.6) is 0 Å². The van der Waals surface area contributed by atoms with E-state index in [1.165, 1.54) is 11.0 Å². The van der Waals surface area contributed by atoms with Crippen LogP contribution >= 0.6 is 0 Å². The molecule has 6 nitrogen and oxygen atoms in total. The highest BCUT2D eigenvalue weighted by Crippen LogP contribution is 2.31. The molecule has 0 bridgehead atoms. The first kappa shape index (κ1) is 12.2. The molecule has 0 radical (unpaired) electrons. The molecule has 94 valence electrons. The summed E-state index contributed by atoms with van der Waals surface area (Å²) in [5, 5.41) is 21.4.